The molecular weight excluding hydrogens is 274 g/mol. The predicted octanol–water partition coefficient (Wildman–Crippen LogP) is 3.79. The van der Waals surface area contributed by atoms with Crippen LogP contribution >= 0.6 is 11.6 Å². The fourth-order valence-electron chi connectivity index (χ4n) is 2.57. The second-order valence-electron chi connectivity index (χ2n) is 4.98. The first-order valence-corrected chi connectivity index (χ1v) is 6.87. The molecule has 0 aliphatic heterocycles. The second-order valence-corrected chi connectivity index (χ2v) is 5.39. The van der Waals surface area contributed by atoms with Gasteiger partial charge in [-0.25, -0.2) is 4.79 Å². The van der Waals surface area contributed by atoms with Gasteiger partial charge in [-0.05, 0) is 35.7 Å². The summed E-state index contributed by atoms with van der Waals surface area (Å²) in [5.41, 5.74) is 3.78. The van der Waals surface area contributed by atoms with Gasteiger partial charge in [-0.1, -0.05) is 35.9 Å². The molecule has 20 heavy (non-hydrogen) atoms. The van der Waals surface area contributed by atoms with E-state index in [4.69, 9.17) is 16.7 Å². The third-order valence-electron chi connectivity index (χ3n) is 3.72. The lowest BCUT2D eigenvalue weighted by atomic mass is 9.77. The van der Waals surface area contributed by atoms with Crippen molar-refractivity contribution in [1.29, 1.82) is 0 Å². The first-order valence-electron chi connectivity index (χ1n) is 6.49. The van der Waals surface area contributed by atoms with Crippen LogP contribution in [0.1, 0.15) is 27.4 Å². The molecule has 1 aliphatic carbocycles. The summed E-state index contributed by atoms with van der Waals surface area (Å²) in [6.45, 7) is 0.809. The lowest BCUT2D eigenvalue weighted by Crippen LogP contribution is -2.24. The van der Waals surface area contributed by atoms with Crippen LogP contribution in [0.5, 0.6) is 0 Å². The molecule has 0 radical (unpaired) electrons. The van der Waals surface area contributed by atoms with Crippen LogP contribution in [0.2, 0.25) is 5.02 Å². The van der Waals surface area contributed by atoms with Gasteiger partial charge in [0.15, 0.2) is 0 Å². The summed E-state index contributed by atoms with van der Waals surface area (Å²) in [6.07, 6.45) is 1.08. The number of carboxylic acid groups (broad SMARTS) is 1. The van der Waals surface area contributed by atoms with Crippen molar-refractivity contribution in [2.45, 2.75) is 12.3 Å². The molecule has 0 saturated carbocycles. The van der Waals surface area contributed by atoms with E-state index in [9.17, 15) is 4.79 Å². The summed E-state index contributed by atoms with van der Waals surface area (Å²) in [6, 6.07) is 13.2. The van der Waals surface area contributed by atoms with Gasteiger partial charge in [0.25, 0.3) is 0 Å². The Morgan fingerprint density at radius 1 is 1.30 bits per heavy atom. The van der Waals surface area contributed by atoms with Crippen molar-refractivity contribution in [2.75, 3.05) is 11.9 Å². The summed E-state index contributed by atoms with van der Waals surface area (Å²) >= 11 is 6.09. The summed E-state index contributed by atoms with van der Waals surface area (Å²) < 4.78 is 0. The molecule has 0 heterocycles. The molecule has 1 unspecified atom stereocenters. The SMILES string of the molecule is O=C(O)c1ccc(NCC2Cc3ccccc32)c(Cl)c1. The molecule has 0 saturated heterocycles. The molecule has 0 amide bonds. The maximum absolute atomic E-state index is 10.8. The van der Waals surface area contributed by atoms with Gasteiger partial charge in [0.05, 0.1) is 16.3 Å². The minimum absolute atomic E-state index is 0.203. The van der Waals surface area contributed by atoms with E-state index in [-0.39, 0.29) is 5.56 Å². The van der Waals surface area contributed by atoms with Crippen molar-refractivity contribution in [3.8, 4) is 0 Å². The molecule has 0 aromatic heterocycles. The molecule has 2 aromatic rings. The number of halogens is 1. The zero-order valence-corrected chi connectivity index (χ0v) is 11.5. The van der Waals surface area contributed by atoms with Gasteiger partial charge in [-0.3, -0.25) is 0 Å². The summed E-state index contributed by atoms with van der Waals surface area (Å²) in [5.74, 6) is -0.465. The van der Waals surface area contributed by atoms with Crippen molar-refractivity contribution in [1.82, 2.24) is 0 Å². The minimum atomic E-state index is -0.966. The fraction of sp³-hybridized carbons (Fsp3) is 0.188. The molecule has 0 fully saturated rings. The molecule has 3 rings (SSSR count). The van der Waals surface area contributed by atoms with E-state index in [1.807, 2.05) is 0 Å². The van der Waals surface area contributed by atoms with Crippen molar-refractivity contribution >= 4 is 23.3 Å². The average Bonchev–Trinajstić information content (AvgIpc) is 2.41. The normalized spacial score (nSPS) is 16.1. The smallest absolute Gasteiger partial charge is 0.335 e. The van der Waals surface area contributed by atoms with Crippen molar-refractivity contribution in [3.05, 3.63) is 64.2 Å². The molecule has 1 atom stereocenters. The number of fused-ring (bicyclic) bond motifs is 1. The predicted molar refractivity (Wildman–Crippen MR) is 79.8 cm³/mol. The molecule has 102 valence electrons. The van der Waals surface area contributed by atoms with Gasteiger partial charge in [-0.15, -0.1) is 0 Å². The van der Waals surface area contributed by atoms with Crippen LogP contribution in [0.3, 0.4) is 0 Å². The molecule has 1 aliphatic rings. The number of benzene rings is 2. The van der Waals surface area contributed by atoms with Gasteiger partial charge in [0, 0.05) is 12.5 Å². The van der Waals surface area contributed by atoms with Crippen LogP contribution in [0.4, 0.5) is 5.69 Å². The van der Waals surface area contributed by atoms with Crippen LogP contribution in [-0.4, -0.2) is 17.6 Å². The van der Waals surface area contributed by atoms with E-state index < -0.39 is 5.97 Å². The molecule has 0 bridgehead atoms. The van der Waals surface area contributed by atoms with Gasteiger partial charge in [0.2, 0.25) is 0 Å². The number of carboxylic acids is 1. The zero-order valence-electron chi connectivity index (χ0n) is 10.8. The van der Waals surface area contributed by atoms with Crippen LogP contribution in [0.25, 0.3) is 0 Å². The van der Waals surface area contributed by atoms with Gasteiger partial charge < -0.3 is 10.4 Å². The summed E-state index contributed by atoms with van der Waals surface area (Å²) in [5, 5.41) is 12.6. The Morgan fingerprint density at radius 3 is 2.80 bits per heavy atom. The van der Waals surface area contributed by atoms with Crippen LogP contribution in [0, 0.1) is 0 Å². The lowest BCUT2D eigenvalue weighted by Gasteiger charge is -2.30. The number of nitrogens with one attached hydrogen (secondary N) is 1. The quantitative estimate of drug-likeness (QED) is 0.899. The Morgan fingerprint density at radius 2 is 2.10 bits per heavy atom. The van der Waals surface area contributed by atoms with E-state index in [1.165, 1.54) is 17.2 Å². The third kappa shape index (κ3) is 2.37. The largest absolute Gasteiger partial charge is 0.478 e. The first kappa shape index (κ1) is 13.0. The highest BCUT2D eigenvalue weighted by Gasteiger charge is 2.25. The summed E-state index contributed by atoms with van der Waals surface area (Å²) in [4.78, 5) is 10.8. The monoisotopic (exact) mass is 287 g/mol. The van der Waals surface area contributed by atoms with E-state index in [0.29, 0.717) is 10.9 Å². The van der Waals surface area contributed by atoms with E-state index in [0.717, 1.165) is 18.7 Å². The molecule has 0 spiro atoms. The van der Waals surface area contributed by atoms with Gasteiger partial charge in [0.1, 0.15) is 0 Å². The Labute approximate surface area is 122 Å². The van der Waals surface area contributed by atoms with E-state index >= 15 is 0 Å². The summed E-state index contributed by atoms with van der Waals surface area (Å²) in [7, 11) is 0. The zero-order chi connectivity index (χ0) is 14.1. The third-order valence-corrected chi connectivity index (χ3v) is 4.03. The van der Waals surface area contributed by atoms with E-state index in [1.54, 1.807) is 12.1 Å². The first-order chi connectivity index (χ1) is 9.65. The number of hydrogen-bond acceptors (Lipinski definition) is 2. The van der Waals surface area contributed by atoms with E-state index in [2.05, 4.69) is 29.6 Å². The maximum atomic E-state index is 10.8. The molecule has 4 heteroatoms. The number of rotatable bonds is 4. The maximum Gasteiger partial charge on any atom is 0.335 e. The Hall–Kier alpha value is -2.00. The fourth-order valence-corrected chi connectivity index (χ4v) is 2.82. The second kappa shape index (κ2) is 5.17. The molecule has 3 nitrogen and oxygen atoms in total. The Bertz CT molecular complexity index is 669. The Kier molecular flexibility index (Phi) is 3.36. The highest BCUT2D eigenvalue weighted by atomic mass is 35.5. The topological polar surface area (TPSA) is 49.3 Å². The standard InChI is InChI=1S/C16H14ClNO2/c17-14-8-11(16(19)20)5-6-15(14)18-9-12-7-10-3-1-2-4-13(10)12/h1-6,8,12,18H,7,9H2,(H,19,20). The highest BCUT2D eigenvalue weighted by Crippen LogP contribution is 2.35. The highest BCUT2D eigenvalue weighted by molar-refractivity contribution is 6.33. The van der Waals surface area contributed by atoms with Crippen molar-refractivity contribution in [2.24, 2.45) is 0 Å². The Balaban J connectivity index is 1.67. The average molecular weight is 288 g/mol. The van der Waals surface area contributed by atoms with Crippen LogP contribution < -0.4 is 5.32 Å². The minimum Gasteiger partial charge on any atom is -0.478 e. The van der Waals surface area contributed by atoms with Gasteiger partial charge in [-0.2, -0.15) is 0 Å². The number of carbonyl (C=O) groups is 1. The van der Waals surface area contributed by atoms with Gasteiger partial charge >= 0.3 is 5.97 Å². The number of hydrogen-bond donors (Lipinski definition) is 2. The molecule has 2 aromatic carbocycles. The van der Waals surface area contributed by atoms with Crippen molar-refractivity contribution in [3.63, 3.8) is 0 Å². The molecular formula is C16H14ClNO2. The van der Waals surface area contributed by atoms with Crippen LogP contribution in [0.15, 0.2) is 42.5 Å². The van der Waals surface area contributed by atoms with Crippen LogP contribution in [-0.2, 0) is 6.42 Å². The molecule has 2 N–H and O–H groups in total. The lowest BCUT2D eigenvalue weighted by molar-refractivity contribution is 0.0697. The van der Waals surface area contributed by atoms with Crippen molar-refractivity contribution < 1.29 is 9.90 Å². The number of aromatic carboxylic acids is 1. The number of anilines is 1.